The molecule has 0 atom stereocenters. The molecule has 0 unspecified atom stereocenters. The molecule has 3 rings (SSSR count). The van der Waals surface area contributed by atoms with Crippen molar-refractivity contribution in [1.29, 1.82) is 0 Å². The minimum Gasteiger partial charge on any atom is -0.379 e. The molecule has 9 heteroatoms. The lowest BCUT2D eigenvalue weighted by Crippen LogP contribution is -2.40. The number of hydrogen-bond donors (Lipinski definition) is 1. The summed E-state index contributed by atoms with van der Waals surface area (Å²) in [6.07, 6.45) is 0. The fourth-order valence-corrected chi connectivity index (χ4v) is 4.82. The number of benzene rings is 2. The number of rotatable bonds is 5. The van der Waals surface area contributed by atoms with Crippen LogP contribution in [0.4, 0.5) is 0 Å². The lowest BCUT2D eigenvalue weighted by atomic mass is 10.2. The van der Waals surface area contributed by atoms with Crippen LogP contribution < -0.4 is 5.32 Å². The Morgan fingerprint density at radius 2 is 1.85 bits per heavy atom. The molecule has 0 spiro atoms. The van der Waals surface area contributed by atoms with Crippen molar-refractivity contribution >= 4 is 39.1 Å². The van der Waals surface area contributed by atoms with E-state index in [4.69, 9.17) is 27.9 Å². The highest BCUT2D eigenvalue weighted by Gasteiger charge is 2.29. The third-order valence-corrected chi connectivity index (χ3v) is 6.74. The average Bonchev–Trinajstić information content (AvgIpc) is 2.67. The van der Waals surface area contributed by atoms with Crippen LogP contribution in [0.3, 0.4) is 0 Å². The second-order valence-electron chi connectivity index (χ2n) is 5.97. The highest BCUT2D eigenvalue weighted by Crippen LogP contribution is 2.26. The van der Waals surface area contributed by atoms with E-state index in [1.54, 1.807) is 18.2 Å². The van der Waals surface area contributed by atoms with Crippen molar-refractivity contribution in [1.82, 2.24) is 9.62 Å². The molecule has 1 amide bonds. The topological polar surface area (TPSA) is 75.7 Å². The first kappa shape index (κ1) is 20.1. The quantitative estimate of drug-likeness (QED) is 0.793. The van der Waals surface area contributed by atoms with E-state index < -0.39 is 15.9 Å². The number of carbonyl (C=O) groups is 1. The second kappa shape index (κ2) is 8.58. The van der Waals surface area contributed by atoms with Gasteiger partial charge >= 0.3 is 0 Å². The largest absolute Gasteiger partial charge is 0.379 e. The van der Waals surface area contributed by atoms with Gasteiger partial charge in [0.15, 0.2) is 0 Å². The van der Waals surface area contributed by atoms with Gasteiger partial charge in [-0.15, -0.1) is 0 Å². The maximum atomic E-state index is 12.8. The molecular weight excluding hydrogens is 411 g/mol. The summed E-state index contributed by atoms with van der Waals surface area (Å²) < 4.78 is 32.2. The summed E-state index contributed by atoms with van der Waals surface area (Å²) in [6, 6.07) is 11.3. The maximum Gasteiger partial charge on any atom is 0.251 e. The van der Waals surface area contributed by atoms with Crippen LogP contribution in [0.15, 0.2) is 47.4 Å². The monoisotopic (exact) mass is 428 g/mol. The molecule has 2 aromatic rings. The zero-order valence-electron chi connectivity index (χ0n) is 14.3. The number of sulfonamides is 1. The summed E-state index contributed by atoms with van der Waals surface area (Å²) in [6.45, 7) is 1.44. The molecule has 1 aliphatic heterocycles. The number of nitrogens with one attached hydrogen (secondary N) is 1. The molecule has 0 bridgehead atoms. The molecule has 0 aromatic heterocycles. The molecule has 2 aromatic carbocycles. The molecule has 1 fully saturated rings. The van der Waals surface area contributed by atoms with Crippen molar-refractivity contribution in [3.63, 3.8) is 0 Å². The fraction of sp³-hybridized carbons (Fsp3) is 0.278. The zero-order chi connectivity index (χ0) is 19.4. The summed E-state index contributed by atoms with van der Waals surface area (Å²) in [4.78, 5) is 12.4. The van der Waals surface area contributed by atoms with Gasteiger partial charge in [-0.05, 0) is 35.9 Å². The van der Waals surface area contributed by atoms with E-state index in [9.17, 15) is 13.2 Å². The first-order valence-corrected chi connectivity index (χ1v) is 10.5. The van der Waals surface area contributed by atoms with Crippen molar-refractivity contribution in [2.45, 2.75) is 11.4 Å². The minimum absolute atomic E-state index is 0.0767. The van der Waals surface area contributed by atoms with Gasteiger partial charge in [0.25, 0.3) is 5.91 Å². The van der Waals surface area contributed by atoms with Crippen molar-refractivity contribution in [2.24, 2.45) is 0 Å². The third kappa shape index (κ3) is 4.80. The normalized spacial score (nSPS) is 15.5. The van der Waals surface area contributed by atoms with Crippen molar-refractivity contribution in [3.8, 4) is 0 Å². The molecule has 1 aliphatic rings. The van der Waals surface area contributed by atoms with E-state index in [0.29, 0.717) is 18.2 Å². The Labute approximate surface area is 168 Å². The fourth-order valence-electron chi connectivity index (χ4n) is 2.70. The van der Waals surface area contributed by atoms with E-state index in [1.807, 2.05) is 6.07 Å². The predicted molar refractivity (Wildman–Crippen MR) is 104 cm³/mol. The Hall–Kier alpha value is -1.64. The van der Waals surface area contributed by atoms with Crippen LogP contribution in [0.2, 0.25) is 10.0 Å². The van der Waals surface area contributed by atoms with Crippen LogP contribution >= 0.6 is 23.2 Å². The van der Waals surface area contributed by atoms with Crippen LogP contribution in [-0.2, 0) is 21.3 Å². The molecule has 144 valence electrons. The number of ether oxygens (including phenoxy) is 1. The van der Waals surface area contributed by atoms with Gasteiger partial charge in [-0.3, -0.25) is 4.79 Å². The van der Waals surface area contributed by atoms with Gasteiger partial charge in [0.2, 0.25) is 10.0 Å². The van der Waals surface area contributed by atoms with Crippen LogP contribution in [0.1, 0.15) is 15.9 Å². The molecule has 1 heterocycles. The van der Waals surface area contributed by atoms with Crippen molar-refractivity contribution in [2.75, 3.05) is 26.3 Å². The number of carbonyl (C=O) groups excluding carboxylic acids is 1. The number of hydrogen-bond acceptors (Lipinski definition) is 4. The Morgan fingerprint density at radius 1 is 1.11 bits per heavy atom. The Morgan fingerprint density at radius 3 is 2.56 bits per heavy atom. The van der Waals surface area contributed by atoms with E-state index in [2.05, 4.69) is 5.32 Å². The van der Waals surface area contributed by atoms with E-state index in [-0.39, 0.29) is 35.1 Å². The average molecular weight is 429 g/mol. The van der Waals surface area contributed by atoms with E-state index >= 15 is 0 Å². The number of amides is 1. The maximum absolute atomic E-state index is 12.8. The van der Waals surface area contributed by atoms with Gasteiger partial charge in [0.1, 0.15) is 4.90 Å². The molecule has 0 radical (unpaired) electrons. The lowest BCUT2D eigenvalue weighted by Gasteiger charge is -2.26. The molecule has 27 heavy (non-hydrogen) atoms. The smallest absolute Gasteiger partial charge is 0.251 e. The standard InChI is InChI=1S/C18H18Cl2N2O4S/c19-15-3-1-2-13(10-15)12-21-18(23)14-4-5-16(20)17(11-14)27(24,25)22-6-8-26-9-7-22/h1-5,10-11H,6-9,12H2,(H,21,23). The van der Waals surface area contributed by atoms with Crippen LogP contribution in [-0.4, -0.2) is 44.9 Å². The summed E-state index contributed by atoms with van der Waals surface area (Å²) in [5.74, 6) is -0.398. The number of nitrogens with zero attached hydrogens (tertiary/aromatic N) is 1. The first-order valence-electron chi connectivity index (χ1n) is 8.28. The second-order valence-corrected chi connectivity index (χ2v) is 8.72. The van der Waals surface area contributed by atoms with Gasteiger partial charge in [-0.25, -0.2) is 8.42 Å². The van der Waals surface area contributed by atoms with Crippen molar-refractivity contribution < 1.29 is 17.9 Å². The van der Waals surface area contributed by atoms with Gasteiger partial charge < -0.3 is 10.1 Å². The highest BCUT2D eigenvalue weighted by molar-refractivity contribution is 7.89. The Bertz CT molecular complexity index is 944. The summed E-state index contributed by atoms with van der Waals surface area (Å²) in [5.41, 5.74) is 1.05. The van der Waals surface area contributed by atoms with Gasteiger partial charge in [0, 0.05) is 30.2 Å². The molecule has 1 N–H and O–H groups in total. The highest BCUT2D eigenvalue weighted by atomic mass is 35.5. The summed E-state index contributed by atoms with van der Waals surface area (Å²) in [7, 11) is -3.80. The van der Waals surface area contributed by atoms with Gasteiger partial charge in [0.05, 0.1) is 18.2 Å². The summed E-state index contributed by atoms with van der Waals surface area (Å²) in [5, 5.41) is 3.40. The molecule has 0 aliphatic carbocycles. The van der Waals surface area contributed by atoms with Crippen molar-refractivity contribution in [3.05, 3.63) is 63.6 Å². The lowest BCUT2D eigenvalue weighted by molar-refractivity contribution is 0.0730. The number of halogens is 2. The van der Waals surface area contributed by atoms with Crippen LogP contribution in [0.5, 0.6) is 0 Å². The molecule has 6 nitrogen and oxygen atoms in total. The zero-order valence-corrected chi connectivity index (χ0v) is 16.6. The van der Waals surface area contributed by atoms with E-state index in [1.165, 1.54) is 22.5 Å². The van der Waals surface area contributed by atoms with Gasteiger partial charge in [-0.2, -0.15) is 4.31 Å². The van der Waals surface area contributed by atoms with Gasteiger partial charge in [-0.1, -0.05) is 35.3 Å². The Kier molecular flexibility index (Phi) is 6.39. The SMILES string of the molecule is O=C(NCc1cccc(Cl)c1)c1ccc(Cl)c(S(=O)(=O)N2CCOCC2)c1. The predicted octanol–water partition coefficient (Wildman–Crippen LogP) is 2.94. The molecule has 0 saturated carbocycles. The third-order valence-electron chi connectivity index (χ3n) is 4.12. The Balaban J connectivity index is 1.79. The minimum atomic E-state index is -3.80. The molecule has 1 saturated heterocycles. The first-order chi connectivity index (χ1) is 12.9. The summed E-state index contributed by atoms with van der Waals surface area (Å²) >= 11 is 12.0. The van der Waals surface area contributed by atoms with E-state index in [0.717, 1.165) is 5.56 Å². The van der Waals surface area contributed by atoms with Crippen LogP contribution in [0.25, 0.3) is 0 Å². The molecular formula is C18H18Cl2N2O4S. The number of morpholine rings is 1. The van der Waals surface area contributed by atoms with Crippen LogP contribution in [0, 0.1) is 0 Å².